The van der Waals surface area contributed by atoms with E-state index in [4.69, 9.17) is 9.47 Å². The number of esters is 1. The molecule has 0 fully saturated rings. The summed E-state index contributed by atoms with van der Waals surface area (Å²) in [5, 5.41) is 0. The summed E-state index contributed by atoms with van der Waals surface area (Å²) in [6.07, 6.45) is 1.13. The zero-order valence-electron chi connectivity index (χ0n) is 7.77. The molecule has 14 heavy (non-hydrogen) atoms. The van der Waals surface area contributed by atoms with E-state index >= 15 is 0 Å². The molecule has 0 saturated carbocycles. The van der Waals surface area contributed by atoms with E-state index in [0.717, 1.165) is 5.56 Å². The molecule has 72 valence electrons. The van der Waals surface area contributed by atoms with Crippen molar-refractivity contribution < 1.29 is 14.3 Å². The molecule has 3 nitrogen and oxygen atoms in total. The van der Waals surface area contributed by atoms with Gasteiger partial charge in [0.25, 0.3) is 0 Å². The van der Waals surface area contributed by atoms with Crippen molar-refractivity contribution in [1.82, 2.24) is 0 Å². The number of benzene rings is 1. The second kappa shape index (κ2) is 3.64. The van der Waals surface area contributed by atoms with Gasteiger partial charge in [-0.25, -0.2) is 4.79 Å². The van der Waals surface area contributed by atoms with Crippen LogP contribution in [0.25, 0.3) is 5.57 Å². The number of methoxy groups -OCH3 is 1. The van der Waals surface area contributed by atoms with Crippen LogP contribution in [0.2, 0.25) is 0 Å². The van der Waals surface area contributed by atoms with Crippen LogP contribution < -0.4 is 0 Å². The molecule has 0 N–H and O–H groups in total. The van der Waals surface area contributed by atoms with Gasteiger partial charge in [0.05, 0.1) is 5.57 Å². The van der Waals surface area contributed by atoms with Crippen LogP contribution in [-0.4, -0.2) is 19.4 Å². The topological polar surface area (TPSA) is 35.5 Å². The van der Waals surface area contributed by atoms with Gasteiger partial charge in [-0.3, -0.25) is 0 Å². The highest BCUT2D eigenvalue weighted by Crippen LogP contribution is 2.23. The Bertz CT molecular complexity index is 367. The first-order valence-electron chi connectivity index (χ1n) is 4.32. The second-order valence-corrected chi connectivity index (χ2v) is 2.96. The molecule has 1 aliphatic heterocycles. The fraction of sp³-hybridized carbons (Fsp3) is 0.182. The van der Waals surface area contributed by atoms with E-state index in [1.807, 2.05) is 30.3 Å². The molecule has 1 atom stereocenters. The third-order valence-electron chi connectivity index (χ3n) is 2.06. The maximum atomic E-state index is 11.4. The fourth-order valence-electron chi connectivity index (χ4n) is 1.36. The van der Waals surface area contributed by atoms with Crippen molar-refractivity contribution in [2.24, 2.45) is 0 Å². The van der Waals surface area contributed by atoms with Crippen LogP contribution in [0.3, 0.4) is 0 Å². The smallest absolute Gasteiger partial charge is 0.341 e. The minimum atomic E-state index is -0.544. The van der Waals surface area contributed by atoms with Gasteiger partial charge in [0.2, 0.25) is 6.29 Å². The standard InChI is InChI=1S/C11H10O3/c1-13-10-7-9(11(12)14-10)8-5-3-2-4-6-8/h2-7,10H,1H3. The van der Waals surface area contributed by atoms with E-state index in [1.54, 1.807) is 6.08 Å². The van der Waals surface area contributed by atoms with Crippen LogP contribution in [0.4, 0.5) is 0 Å². The van der Waals surface area contributed by atoms with E-state index in [-0.39, 0.29) is 5.97 Å². The fourth-order valence-corrected chi connectivity index (χ4v) is 1.36. The SMILES string of the molecule is COC1C=C(c2ccccc2)C(=O)O1. The molecule has 2 rings (SSSR count). The van der Waals surface area contributed by atoms with Crippen LogP contribution in [0, 0.1) is 0 Å². The Hall–Kier alpha value is -1.61. The summed E-state index contributed by atoms with van der Waals surface area (Å²) in [6, 6.07) is 9.39. The Kier molecular flexibility index (Phi) is 2.33. The molecule has 1 aromatic carbocycles. The van der Waals surface area contributed by atoms with Gasteiger partial charge < -0.3 is 9.47 Å². The van der Waals surface area contributed by atoms with Gasteiger partial charge in [-0.15, -0.1) is 0 Å². The van der Waals surface area contributed by atoms with Crippen molar-refractivity contribution in [3.8, 4) is 0 Å². The van der Waals surface area contributed by atoms with Crippen LogP contribution >= 0.6 is 0 Å². The predicted molar refractivity (Wildman–Crippen MR) is 51.3 cm³/mol. The third kappa shape index (κ3) is 1.54. The molecule has 1 aliphatic rings. The van der Waals surface area contributed by atoms with E-state index < -0.39 is 6.29 Å². The zero-order chi connectivity index (χ0) is 9.97. The monoisotopic (exact) mass is 190 g/mol. The van der Waals surface area contributed by atoms with E-state index in [9.17, 15) is 4.79 Å². The predicted octanol–water partition coefficient (Wildman–Crippen LogP) is 1.60. The van der Waals surface area contributed by atoms with Crippen molar-refractivity contribution >= 4 is 11.5 Å². The van der Waals surface area contributed by atoms with Gasteiger partial charge in [-0.2, -0.15) is 0 Å². The molecule has 0 amide bonds. The Morgan fingerprint density at radius 2 is 2.00 bits per heavy atom. The van der Waals surface area contributed by atoms with Gasteiger partial charge in [-0.05, 0) is 11.6 Å². The number of carbonyl (C=O) groups excluding carboxylic acids is 1. The van der Waals surface area contributed by atoms with Gasteiger partial charge in [0.1, 0.15) is 0 Å². The quantitative estimate of drug-likeness (QED) is 0.664. The Balaban J connectivity index is 2.31. The maximum absolute atomic E-state index is 11.4. The van der Waals surface area contributed by atoms with Crippen LogP contribution in [0.5, 0.6) is 0 Å². The molecular formula is C11H10O3. The third-order valence-corrected chi connectivity index (χ3v) is 2.06. The summed E-state index contributed by atoms with van der Waals surface area (Å²) in [6.45, 7) is 0. The molecule has 0 saturated heterocycles. The summed E-state index contributed by atoms with van der Waals surface area (Å²) < 4.78 is 9.84. The van der Waals surface area contributed by atoms with Crippen molar-refractivity contribution in [3.05, 3.63) is 42.0 Å². The molecule has 1 heterocycles. The highest BCUT2D eigenvalue weighted by molar-refractivity contribution is 6.18. The normalized spacial score (nSPS) is 20.5. The second-order valence-electron chi connectivity index (χ2n) is 2.96. The first-order valence-corrected chi connectivity index (χ1v) is 4.32. The number of carbonyl (C=O) groups is 1. The average molecular weight is 190 g/mol. The number of rotatable bonds is 2. The van der Waals surface area contributed by atoms with Crippen molar-refractivity contribution in [2.75, 3.05) is 7.11 Å². The number of ether oxygens (including phenoxy) is 2. The molecule has 0 bridgehead atoms. The van der Waals surface area contributed by atoms with Gasteiger partial charge >= 0.3 is 5.97 Å². The van der Waals surface area contributed by atoms with Crippen LogP contribution in [0.15, 0.2) is 36.4 Å². The van der Waals surface area contributed by atoms with E-state index in [0.29, 0.717) is 5.57 Å². The van der Waals surface area contributed by atoms with Crippen molar-refractivity contribution in [2.45, 2.75) is 6.29 Å². The lowest BCUT2D eigenvalue weighted by molar-refractivity contribution is -0.153. The van der Waals surface area contributed by atoms with Gasteiger partial charge in [0.15, 0.2) is 0 Å². The highest BCUT2D eigenvalue weighted by atomic mass is 16.7. The van der Waals surface area contributed by atoms with E-state index in [1.165, 1.54) is 7.11 Å². The molecular weight excluding hydrogens is 180 g/mol. The summed E-state index contributed by atoms with van der Waals surface area (Å²) in [7, 11) is 1.50. The molecule has 0 radical (unpaired) electrons. The van der Waals surface area contributed by atoms with Crippen molar-refractivity contribution in [3.63, 3.8) is 0 Å². The molecule has 1 unspecified atom stereocenters. The minimum absolute atomic E-state index is 0.331. The van der Waals surface area contributed by atoms with Crippen LogP contribution in [0.1, 0.15) is 5.56 Å². The minimum Gasteiger partial charge on any atom is -0.428 e. The molecule has 0 spiro atoms. The lowest BCUT2D eigenvalue weighted by Crippen LogP contribution is -2.09. The number of hydrogen-bond acceptors (Lipinski definition) is 3. The first-order chi connectivity index (χ1) is 6.81. The van der Waals surface area contributed by atoms with Crippen LogP contribution in [-0.2, 0) is 14.3 Å². The summed E-state index contributed by atoms with van der Waals surface area (Å²) in [5.74, 6) is -0.331. The van der Waals surface area contributed by atoms with Crippen molar-refractivity contribution in [1.29, 1.82) is 0 Å². The number of hydrogen-bond donors (Lipinski definition) is 0. The van der Waals surface area contributed by atoms with Gasteiger partial charge in [-0.1, -0.05) is 30.3 Å². The first kappa shape index (κ1) is 8.97. The molecule has 0 aliphatic carbocycles. The average Bonchev–Trinajstić information content (AvgIpc) is 2.61. The van der Waals surface area contributed by atoms with Gasteiger partial charge in [0, 0.05) is 7.11 Å². The van der Waals surface area contributed by atoms with E-state index in [2.05, 4.69) is 0 Å². The lowest BCUT2D eigenvalue weighted by Gasteiger charge is -2.02. The molecule has 0 aromatic heterocycles. The Morgan fingerprint density at radius 3 is 2.57 bits per heavy atom. The summed E-state index contributed by atoms with van der Waals surface area (Å²) in [5.41, 5.74) is 1.43. The molecule has 3 heteroatoms. The lowest BCUT2D eigenvalue weighted by atomic mass is 10.1. The largest absolute Gasteiger partial charge is 0.428 e. The Labute approximate surface area is 81.9 Å². The number of cyclic esters (lactones) is 1. The highest BCUT2D eigenvalue weighted by Gasteiger charge is 2.25. The zero-order valence-corrected chi connectivity index (χ0v) is 7.77. The summed E-state index contributed by atoms with van der Waals surface area (Å²) in [4.78, 5) is 11.4. The summed E-state index contributed by atoms with van der Waals surface area (Å²) >= 11 is 0. The Morgan fingerprint density at radius 1 is 1.29 bits per heavy atom. The maximum Gasteiger partial charge on any atom is 0.341 e. The molecule has 1 aromatic rings.